The lowest BCUT2D eigenvalue weighted by Crippen LogP contribution is -2.37. The molecule has 2 rings (SSSR count). The molecule has 0 aromatic carbocycles. The molecule has 1 nitrogen and oxygen atoms in total. The first-order chi connectivity index (χ1) is 8.52. The third kappa shape index (κ3) is 3.50. The molecule has 2 aliphatic rings. The zero-order valence-electron chi connectivity index (χ0n) is 13.0. The molecule has 0 heterocycles. The molecular weight excluding hydrogens is 218 g/mol. The van der Waals surface area contributed by atoms with Crippen LogP contribution in [-0.4, -0.2) is 12.6 Å². The molecule has 0 radical (unpaired) electrons. The lowest BCUT2D eigenvalue weighted by atomic mass is 9.72. The summed E-state index contributed by atoms with van der Waals surface area (Å²) in [7, 11) is 0. The number of rotatable bonds is 7. The van der Waals surface area contributed by atoms with Crippen molar-refractivity contribution in [2.45, 2.75) is 78.7 Å². The predicted octanol–water partition coefficient (Wildman–Crippen LogP) is 4.62. The van der Waals surface area contributed by atoms with E-state index >= 15 is 0 Å². The maximum atomic E-state index is 3.69. The molecule has 2 fully saturated rings. The first-order valence-electron chi connectivity index (χ1n) is 8.26. The topological polar surface area (TPSA) is 12.0 Å². The normalized spacial score (nSPS) is 34.2. The van der Waals surface area contributed by atoms with Crippen LogP contribution < -0.4 is 5.32 Å². The van der Waals surface area contributed by atoms with Crippen molar-refractivity contribution in [2.75, 3.05) is 6.54 Å². The maximum absolute atomic E-state index is 3.69. The van der Waals surface area contributed by atoms with Crippen molar-refractivity contribution in [3.8, 4) is 0 Å². The average molecular weight is 251 g/mol. The van der Waals surface area contributed by atoms with Crippen molar-refractivity contribution < 1.29 is 0 Å². The van der Waals surface area contributed by atoms with E-state index in [1.807, 2.05) is 0 Å². The lowest BCUT2D eigenvalue weighted by molar-refractivity contribution is 0.168. The molecular formula is C17H33N. The summed E-state index contributed by atoms with van der Waals surface area (Å²) in [6.07, 6.45) is 10.4. The van der Waals surface area contributed by atoms with Gasteiger partial charge in [0.05, 0.1) is 0 Å². The van der Waals surface area contributed by atoms with Crippen molar-refractivity contribution >= 4 is 0 Å². The molecule has 106 valence electrons. The van der Waals surface area contributed by atoms with Crippen LogP contribution in [0.2, 0.25) is 0 Å². The molecule has 4 atom stereocenters. The van der Waals surface area contributed by atoms with Crippen LogP contribution in [0, 0.1) is 23.2 Å². The number of fused-ring (bicyclic) bond motifs is 2. The first kappa shape index (κ1) is 14.4. The van der Waals surface area contributed by atoms with E-state index in [9.17, 15) is 0 Å². The van der Waals surface area contributed by atoms with Crippen molar-refractivity contribution in [1.82, 2.24) is 5.32 Å². The van der Waals surface area contributed by atoms with Crippen LogP contribution in [0.5, 0.6) is 0 Å². The molecule has 18 heavy (non-hydrogen) atoms. The summed E-state index contributed by atoms with van der Waals surface area (Å²) in [6, 6.07) is 0.626. The molecule has 1 heteroatoms. The summed E-state index contributed by atoms with van der Waals surface area (Å²) < 4.78 is 0. The zero-order chi connectivity index (χ0) is 13.2. The van der Waals surface area contributed by atoms with Gasteiger partial charge in [-0.2, -0.15) is 0 Å². The monoisotopic (exact) mass is 251 g/mol. The standard InChI is InChI=1S/C17H33N/c1-5-8-17(4,12-18-13(2)3)11-16-10-14-6-7-15(16)9-14/h13-16,18H,5-12H2,1-4H3. The number of hydrogen-bond acceptors (Lipinski definition) is 1. The highest BCUT2D eigenvalue weighted by atomic mass is 14.9. The zero-order valence-corrected chi connectivity index (χ0v) is 13.0. The smallest absolute Gasteiger partial charge is 0.00106 e. The molecule has 0 aromatic heterocycles. The summed E-state index contributed by atoms with van der Waals surface area (Å²) >= 11 is 0. The highest BCUT2D eigenvalue weighted by Gasteiger charge is 2.42. The predicted molar refractivity (Wildman–Crippen MR) is 79.7 cm³/mol. The molecule has 4 unspecified atom stereocenters. The molecule has 2 aliphatic carbocycles. The van der Waals surface area contributed by atoms with Crippen molar-refractivity contribution in [3.63, 3.8) is 0 Å². The minimum atomic E-state index is 0.536. The van der Waals surface area contributed by atoms with Gasteiger partial charge in [0.1, 0.15) is 0 Å². The summed E-state index contributed by atoms with van der Waals surface area (Å²) in [5, 5.41) is 3.69. The van der Waals surface area contributed by atoms with Crippen LogP contribution in [0.3, 0.4) is 0 Å². The molecule has 0 saturated heterocycles. The first-order valence-corrected chi connectivity index (χ1v) is 8.26. The molecule has 1 N–H and O–H groups in total. The Morgan fingerprint density at radius 3 is 2.50 bits per heavy atom. The Bertz CT molecular complexity index is 260. The number of hydrogen-bond donors (Lipinski definition) is 1. The van der Waals surface area contributed by atoms with Gasteiger partial charge in [-0.1, -0.05) is 40.5 Å². The van der Waals surface area contributed by atoms with E-state index in [1.54, 1.807) is 12.8 Å². The highest BCUT2D eigenvalue weighted by Crippen LogP contribution is 2.52. The summed E-state index contributed by atoms with van der Waals surface area (Å²) in [6.45, 7) is 10.6. The van der Waals surface area contributed by atoms with Crippen molar-refractivity contribution in [1.29, 1.82) is 0 Å². The maximum Gasteiger partial charge on any atom is 0.00106 e. The Kier molecular flexibility index (Phi) is 4.75. The SMILES string of the molecule is CCCC(C)(CNC(C)C)CC1CC2CCC1C2. The molecule has 0 amide bonds. The van der Waals surface area contributed by atoms with Gasteiger partial charge in [-0.15, -0.1) is 0 Å². The van der Waals surface area contributed by atoms with Crippen LogP contribution in [0.25, 0.3) is 0 Å². The van der Waals surface area contributed by atoms with Crippen LogP contribution >= 0.6 is 0 Å². The van der Waals surface area contributed by atoms with E-state index in [2.05, 4.69) is 33.0 Å². The quantitative estimate of drug-likeness (QED) is 0.696. The second-order valence-electron chi connectivity index (χ2n) is 7.74. The van der Waals surface area contributed by atoms with E-state index in [4.69, 9.17) is 0 Å². The molecule has 0 aliphatic heterocycles. The summed E-state index contributed by atoms with van der Waals surface area (Å²) in [4.78, 5) is 0. The van der Waals surface area contributed by atoms with Gasteiger partial charge in [-0.25, -0.2) is 0 Å². The van der Waals surface area contributed by atoms with E-state index in [1.165, 1.54) is 38.6 Å². The lowest BCUT2D eigenvalue weighted by Gasteiger charge is -2.36. The van der Waals surface area contributed by atoms with Crippen molar-refractivity contribution in [3.05, 3.63) is 0 Å². The third-order valence-corrected chi connectivity index (χ3v) is 5.43. The Balaban J connectivity index is 1.88. The second kappa shape index (κ2) is 5.94. The number of nitrogens with one attached hydrogen (secondary N) is 1. The van der Waals surface area contributed by atoms with Crippen molar-refractivity contribution in [2.24, 2.45) is 23.2 Å². The summed E-state index contributed by atoms with van der Waals surface area (Å²) in [5.74, 6) is 3.24. The second-order valence-corrected chi connectivity index (χ2v) is 7.74. The fraction of sp³-hybridized carbons (Fsp3) is 1.00. The highest BCUT2D eigenvalue weighted by molar-refractivity contribution is 4.93. The van der Waals surface area contributed by atoms with Gasteiger partial charge >= 0.3 is 0 Å². The van der Waals surface area contributed by atoms with Gasteiger partial charge < -0.3 is 5.32 Å². The Labute approximate surface area is 114 Å². The van der Waals surface area contributed by atoms with Crippen LogP contribution in [0.15, 0.2) is 0 Å². The average Bonchev–Trinajstić information content (AvgIpc) is 2.88. The molecule has 2 bridgehead atoms. The van der Waals surface area contributed by atoms with Crippen LogP contribution in [0.1, 0.15) is 72.6 Å². The van der Waals surface area contributed by atoms with E-state index in [0.29, 0.717) is 11.5 Å². The van der Waals surface area contributed by atoms with Crippen LogP contribution in [-0.2, 0) is 0 Å². The summed E-state index contributed by atoms with van der Waals surface area (Å²) in [5.41, 5.74) is 0.536. The molecule has 0 aromatic rings. The van der Waals surface area contributed by atoms with Gasteiger partial charge in [0.2, 0.25) is 0 Å². The minimum Gasteiger partial charge on any atom is -0.314 e. The Hall–Kier alpha value is -0.0400. The van der Waals surface area contributed by atoms with E-state index < -0.39 is 0 Å². The van der Waals surface area contributed by atoms with Gasteiger partial charge in [0.15, 0.2) is 0 Å². The Morgan fingerprint density at radius 2 is 2.00 bits per heavy atom. The third-order valence-electron chi connectivity index (χ3n) is 5.43. The van der Waals surface area contributed by atoms with E-state index in [0.717, 1.165) is 17.8 Å². The minimum absolute atomic E-state index is 0.536. The molecule has 0 spiro atoms. The van der Waals surface area contributed by atoms with Gasteiger partial charge in [-0.05, 0) is 55.3 Å². The fourth-order valence-corrected chi connectivity index (χ4v) is 4.58. The van der Waals surface area contributed by atoms with Gasteiger partial charge in [-0.3, -0.25) is 0 Å². The largest absolute Gasteiger partial charge is 0.314 e. The molecule has 2 saturated carbocycles. The van der Waals surface area contributed by atoms with Gasteiger partial charge in [0.25, 0.3) is 0 Å². The Morgan fingerprint density at radius 1 is 1.22 bits per heavy atom. The van der Waals surface area contributed by atoms with E-state index in [-0.39, 0.29) is 0 Å². The van der Waals surface area contributed by atoms with Gasteiger partial charge in [0, 0.05) is 12.6 Å². The van der Waals surface area contributed by atoms with Crippen LogP contribution in [0.4, 0.5) is 0 Å². The fourth-order valence-electron chi connectivity index (χ4n) is 4.58.